The second-order valence-corrected chi connectivity index (χ2v) is 7.02. The monoisotopic (exact) mass is 343 g/mol. The molecule has 0 heterocycles. The largest absolute Gasteiger partial charge is 0.314 e. The first-order valence-electron chi connectivity index (χ1n) is 7.29. The number of hydrogen-bond acceptors (Lipinski definition) is 1. The molecule has 0 bridgehead atoms. The van der Waals surface area contributed by atoms with E-state index in [0.29, 0.717) is 6.04 Å². The predicted molar refractivity (Wildman–Crippen MR) is 86.8 cm³/mol. The molecule has 0 spiro atoms. The first-order chi connectivity index (χ1) is 9.11. The zero-order chi connectivity index (χ0) is 13.8. The highest BCUT2D eigenvalue weighted by molar-refractivity contribution is 9.10. The topological polar surface area (TPSA) is 12.0 Å². The normalized spacial score (nSPS) is 26.8. The van der Waals surface area contributed by atoms with Gasteiger partial charge in [-0.05, 0) is 61.8 Å². The standard InChI is InChI=1S/C16H23BrClN/c1-3-8-19-16-7-5-12(11(16)2)9-13-4-6-14(17)10-15(13)18/h4,6,10-12,16,19H,3,5,7-9H2,1-2H3. The Kier molecular flexibility index (Phi) is 5.73. The van der Waals surface area contributed by atoms with Crippen LogP contribution in [-0.4, -0.2) is 12.6 Å². The summed E-state index contributed by atoms with van der Waals surface area (Å²) in [6, 6.07) is 6.95. The molecule has 1 aromatic carbocycles. The number of hydrogen-bond donors (Lipinski definition) is 1. The van der Waals surface area contributed by atoms with Gasteiger partial charge >= 0.3 is 0 Å². The van der Waals surface area contributed by atoms with Crippen LogP contribution >= 0.6 is 27.5 Å². The van der Waals surface area contributed by atoms with Crippen molar-refractivity contribution >= 4 is 27.5 Å². The molecule has 0 aliphatic heterocycles. The van der Waals surface area contributed by atoms with Gasteiger partial charge in [-0.15, -0.1) is 0 Å². The first kappa shape index (κ1) is 15.3. The van der Waals surface area contributed by atoms with Crippen LogP contribution in [0.1, 0.15) is 38.7 Å². The van der Waals surface area contributed by atoms with E-state index in [0.717, 1.165) is 34.3 Å². The molecule has 1 aliphatic rings. The molecular weight excluding hydrogens is 322 g/mol. The molecule has 1 N–H and O–H groups in total. The fraction of sp³-hybridized carbons (Fsp3) is 0.625. The molecule has 1 nitrogen and oxygen atoms in total. The Bertz CT molecular complexity index is 421. The summed E-state index contributed by atoms with van der Waals surface area (Å²) in [5.41, 5.74) is 1.29. The predicted octanol–water partition coefficient (Wildman–Crippen LogP) is 5.06. The summed E-state index contributed by atoms with van der Waals surface area (Å²) in [4.78, 5) is 0. The van der Waals surface area contributed by atoms with E-state index in [1.165, 1.54) is 24.8 Å². The van der Waals surface area contributed by atoms with Crippen molar-refractivity contribution < 1.29 is 0 Å². The van der Waals surface area contributed by atoms with Crippen molar-refractivity contribution in [2.24, 2.45) is 11.8 Å². The molecule has 3 unspecified atom stereocenters. The van der Waals surface area contributed by atoms with Gasteiger partial charge in [0.25, 0.3) is 0 Å². The summed E-state index contributed by atoms with van der Waals surface area (Å²) in [6.45, 7) is 5.75. The first-order valence-corrected chi connectivity index (χ1v) is 8.46. The second-order valence-electron chi connectivity index (χ2n) is 5.70. The van der Waals surface area contributed by atoms with Crippen LogP contribution in [0.25, 0.3) is 0 Å². The molecule has 1 aromatic rings. The van der Waals surface area contributed by atoms with Gasteiger partial charge in [-0.3, -0.25) is 0 Å². The SMILES string of the molecule is CCCNC1CCC(Cc2ccc(Br)cc2Cl)C1C. The number of nitrogens with one attached hydrogen (secondary N) is 1. The van der Waals surface area contributed by atoms with E-state index in [-0.39, 0.29) is 0 Å². The molecule has 1 saturated carbocycles. The lowest BCUT2D eigenvalue weighted by molar-refractivity contribution is 0.351. The average molecular weight is 345 g/mol. The fourth-order valence-corrected chi connectivity index (χ4v) is 3.87. The Morgan fingerprint density at radius 1 is 1.37 bits per heavy atom. The fourth-order valence-electron chi connectivity index (χ4n) is 3.12. The zero-order valence-corrected chi connectivity index (χ0v) is 14.1. The van der Waals surface area contributed by atoms with Gasteiger partial charge in [0, 0.05) is 15.5 Å². The van der Waals surface area contributed by atoms with Crippen LogP contribution in [-0.2, 0) is 6.42 Å². The average Bonchev–Trinajstić information content (AvgIpc) is 2.72. The van der Waals surface area contributed by atoms with Crippen molar-refractivity contribution in [1.29, 1.82) is 0 Å². The Morgan fingerprint density at radius 3 is 2.84 bits per heavy atom. The third-order valence-electron chi connectivity index (χ3n) is 4.38. The highest BCUT2D eigenvalue weighted by Gasteiger charge is 2.32. The summed E-state index contributed by atoms with van der Waals surface area (Å²) in [5.74, 6) is 1.50. The number of rotatable bonds is 5. The van der Waals surface area contributed by atoms with Crippen molar-refractivity contribution in [1.82, 2.24) is 5.32 Å². The lowest BCUT2D eigenvalue weighted by Crippen LogP contribution is -2.33. The van der Waals surface area contributed by atoms with Gasteiger partial charge in [0.05, 0.1) is 0 Å². The summed E-state index contributed by atoms with van der Waals surface area (Å²) in [6.07, 6.45) is 4.94. The van der Waals surface area contributed by atoms with E-state index >= 15 is 0 Å². The maximum Gasteiger partial charge on any atom is 0.0449 e. The molecule has 3 heteroatoms. The molecule has 0 aromatic heterocycles. The minimum absolute atomic E-state index is 0.694. The van der Waals surface area contributed by atoms with Gasteiger partial charge in [-0.1, -0.05) is 47.4 Å². The Hall–Kier alpha value is -0.0500. The van der Waals surface area contributed by atoms with Crippen LogP contribution in [0.3, 0.4) is 0 Å². The third kappa shape index (κ3) is 3.96. The highest BCUT2D eigenvalue weighted by atomic mass is 79.9. The molecule has 0 saturated heterocycles. The lowest BCUT2D eigenvalue weighted by Gasteiger charge is -2.22. The Morgan fingerprint density at radius 2 is 2.16 bits per heavy atom. The molecule has 1 aliphatic carbocycles. The molecule has 2 rings (SSSR count). The maximum atomic E-state index is 6.33. The van der Waals surface area contributed by atoms with E-state index in [9.17, 15) is 0 Å². The second kappa shape index (κ2) is 7.10. The van der Waals surface area contributed by atoms with Crippen LogP contribution in [0, 0.1) is 11.8 Å². The summed E-state index contributed by atoms with van der Waals surface area (Å²) in [5, 5.41) is 4.57. The molecule has 3 atom stereocenters. The molecule has 0 radical (unpaired) electrons. The number of benzene rings is 1. The van der Waals surface area contributed by atoms with Crippen LogP contribution in [0.2, 0.25) is 5.02 Å². The number of halogens is 2. The van der Waals surface area contributed by atoms with Crippen molar-refractivity contribution in [3.63, 3.8) is 0 Å². The molecule has 19 heavy (non-hydrogen) atoms. The van der Waals surface area contributed by atoms with Crippen molar-refractivity contribution in [3.8, 4) is 0 Å². The van der Waals surface area contributed by atoms with Crippen LogP contribution in [0.4, 0.5) is 0 Å². The summed E-state index contributed by atoms with van der Waals surface area (Å²) < 4.78 is 1.06. The Labute approximate surface area is 130 Å². The maximum absolute atomic E-state index is 6.33. The summed E-state index contributed by atoms with van der Waals surface area (Å²) in [7, 11) is 0. The molecule has 1 fully saturated rings. The van der Waals surface area contributed by atoms with Gasteiger partial charge < -0.3 is 5.32 Å². The van der Waals surface area contributed by atoms with E-state index in [1.807, 2.05) is 6.07 Å². The summed E-state index contributed by atoms with van der Waals surface area (Å²) >= 11 is 9.79. The van der Waals surface area contributed by atoms with E-state index < -0.39 is 0 Å². The minimum Gasteiger partial charge on any atom is -0.314 e. The van der Waals surface area contributed by atoms with Gasteiger partial charge in [-0.25, -0.2) is 0 Å². The van der Waals surface area contributed by atoms with Crippen LogP contribution in [0.15, 0.2) is 22.7 Å². The molecule has 106 valence electrons. The highest BCUT2D eigenvalue weighted by Crippen LogP contribution is 2.36. The van der Waals surface area contributed by atoms with Gasteiger partial charge in [0.1, 0.15) is 0 Å². The minimum atomic E-state index is 0.694. The van der Waals surface area contributed by atoms with Gasteiger partial charge in [0.2, 0.25) is 0 Å². The lowest BCUT2D eigenvalue weighted by atomic mass is 9.89. The molecular formula is C16H23BrClN. The molecule has 0 amide bonds. The zero-order valence-electron chi connectivity index (χ0n) is 11.8. The van der Waals surface area contributed by atoms with Crippen molar-refractivity contribution in [3.05, 3.63) is 33.3 Å². The third-order valence-corrected chi connectivity index (χ3v) is 5.23. The van der Waals surface area contributed by atoms with Crippen molar-refractivity contribution in [2.75, 3.05) is 6.54 Å². The van der Waals surface area contributed by atoms with Gasteiger partial charge in [0.15, 0.2) is 0 Å². The van der Waals surface area contributed by atoms with E-state index in [4.69, 9.17) is 11.6 Å². The quantitative estimate of drug-likeness (QED) is 0.787. The van der Waals surface area contributed by atoms with E-state index in [2.05, 4.69) is 47.2 Å². The van der Waals surface area contributed by atoms with E-state index in [1.54, 1.807) is 0 Å². The van der Waals surface area contributed by atoms with Gasteiger partial charge in [-0.2, -0.15) is 0 Å². The van der Waals surface area contributed by atoms with Crippen LogP contribution in [0.5, 0.6) is 0 Å². The Balaban J connectivity index is 1.96. The van der Waals surface area contributed by atoms with Crippen LogP contribution < -0.4 is 5.32 Å². The smallest absolute Gasteiger partial charge is 0.0449 e. The van der Waals surface area contributed by atoms with Crippen molar-refractivity contribution in [2.45, 2.75) is 45.6 Å².